The molecule has 0 spiro atoms. The fraction of sp³-hybridized carbons (Fsp3) is 0.400. The summed E-state index contributed by atoms with van der Waals surface area (Å²) in [5, 5.41) is 17.8. The summed E-state index contributed by atoms with van der Waals surface area (Å²) < 4.78 is 12.9. The molecule has 1 fully saturated rings. The van der Waals surface area contributed by atoms with Crippen molar-refractivity contribution in [3.05, 3.63) is 24.3 Å². The number of anilines is 1. The van der Waals surface area contributed by atoms with Crippen molar-refractivity contribution in [2.24, 2.45) is 0 Å². The van der Waals surface area contributed by atoms with Crippen molar-refractivity contribution in [3.8, 4) is 0 Å². The lowest BCUT2D eigenvalue weighted by molar-refractivity contribution is 0.364. The van der Waals surface area contributed by atoms with E-state index < -0.39 is 13.3 Å². The molecular weight excluding hydrogens is 196 g/mol. The molecule has 1 aromatic rings. The van der Waals surface area contributed by atoms with Gasteiger partial charge in [0.25, 0.3) is 0 Å². The van der Waals surface area contributed by atoms with Gasteiger partial charge in [-0.1, -0.05) is 12.1 Å². The van der Waals surface area contributed by atoms with E-state index in [0.717, 1.165) is 12.2 Å². The van der Waals surface area contributed by atoms with Gasteiger partial charge in [-0.05, 0) is 24.0 Å². The van der Waals surface area contributed by atoms with E-state index >= 15 is 0 Å². The Balaban J connectivity index is 2.10. The van der Waals surface area contributed by atoms with E-state index in [9.17, 15) is 4.39 Å². The second-order valence-electron chi connectivity index (χ2n) is 3.80. The van der Waals surface area contributed by atoms with Crippen molar-refractivity contribution >= 4 is 18.3 Å². The number of nitrogens with zero attached hydrogens (tertiary/aromatic N) is 1. The van der Waals surface area contributed by atoms with Crippen molar-refractivity contribution in [1.82, 2.24) is 0 Å². The van der Waals surface area contributed by atoms with Gasteiger partial charge in [0.05, 0.1) is 0 Å². The predicted molar refractivity (Wildman–Crippen MR) is 58.0 cm³/mol. The second kappa shape index (κ2) is 4.20. The summed E-state index contributed by atoms with van der Waals surface area (Å²) in [6.07, 6.45) is -0.169. The van der Waals surface area contributed by atoms with Gasteiger partial charge in [0, 0.05) is 18.8 Å². The lowest BCUT2D eigenvalue weighted by Crippen LogP contribution is -2.30. The number of hydrogen-bond donors (Lipinski definition) is 2. The van der Waals surface area contributed by atoms with E-state index in [1.54, 1.807) is 24.3 Å². The van der Waals surface area contributed by atoms with Gasteiger partial charge in [-0.15, -0.1) is 0 Å². The highest BCUT2D eigenvalue weighted by Crippen LogP contribution is 2.20. The average molecular weight is 209 g/mol. The van der Waals surface area contributed by atoms with Crippen LogP contribution < -0.4 is 10.4 Å². The van der Waals surface area contributed by atoms with Crippen LogP contribution in [0.2, 0.25) is 0 Å². The molecule has 0 bridgehead atoms. The molecule has 3 nitrogen and oxygen atoms in total. The van der Waals surface area contributed by atoms with Crippen LogP contribution in [0.25, 0.3) is 0 Å². The highest BCUT2D eigenvalue weighted by molar-refractivity contribution is 6.58. The fourth-order valence-electron chi connectivity index (χ4n) is 1.81. The van der Waals surface area contributed by atoms with E-state index in [-0.39, 0.29) is 0 Å². The quantitative estimate of drug-likeness (QED) is 0.669. The van der Waals surface area contributed by atoms with Crippen LogP contribution in [0.1, 0.15) is 6.42 Å². The van der Waals surface area contributed by atoms with Crippen LogP contribution in [-0.2, 0) is 0 Å². The molecule has 5 heteroatoms. The maximum Gasteiger partial charge on any atom is 0.488 e. The molecule has 1 aromatic carbocycles. The molecule has 0 aliphatic carbocycles. The molecule has 1 atom stereocenters. The summed E-state index contributed by atoms with van der Waals surface area (Å²) in [5.74, 6) is 0. The first kappa shape index (κ1) is 10.5. The smallest absolute Gasteiger partial charge is 0.423 e. The molecule has 0 aromatic heterocycles. The van der Waals surface area contributed by atoms with Gasteiger partial charge in [0.2, 0.25) is 0 Å². The number of benzene rings is 1. The number of hydrogen-bond acceptors (Lipinski definition) is 3. The maximum absolute atomic E-state index is 12.9. The summed E-state index contributed by atoms with van der Waals surface area (Å²) in [6.45, 7) is 1.16. The number of rotatable bonds is 2. The first-order valence-corrected chi connectivity index (χ1v) is 5.02. The van der Waals surface area contributed by atoms with E-state index in [1.807, 2.05) is 4.90 Å². The predicted octanol–water partition coefficient (Wildman–Crippen LogP) is -0.0854. The summed E-state index contributed by atoms with van der Waals surface area (Å²) in [7, 11) is -1.44. The lowest BCUT2D eigenvalue weighted by Gasteiger charge is -2.17. The van der Waals surface area contributed by atoms with Crippen LogP contribution in [0.3, 0.4) is 0 Å². The Labute approximate surface area is 88.3 Å². The van der Waals surface area contributed by atoms with Crippen molar-refractivity contribution in [3.63, 3.8) is 0 Å². The molecule has 1 aliphatic rings. The molecule has 0 unspecified atom stereocenters. The minimum absolute atomic E-state index is 0.432. The molecule has 1 aliphatic heterocycles. The standard InChI is InChI=1S/C10H13BFNO2/c12-9-5-6-13(7-9)10-3-1-8(2-4-10)11(14)15/h1-4,9,14-15H,5-7H2/t9-/m1/s1. The van der Waals surface area contributed by atoms with Gasteiger partial charge >= 0.3 is 7.12 Å². The SMILES string of the molecule is OB(O)c1ccc(N2CC[C@@H](F)C2)cc1. The highest BCUT2D eigenvalue weighted by Gasteiger charge is 2.22. The summed E-state index contributed by atoms with van der Waals surface area (Å²) in [4.78, 5) is 1.96. The highest BCUT2D eigenvalue weighted by atomic mass is 19.1. The molecule has 1 saturated heterocycles. The Morgan fingerprint density at radius 2 is 1.93 bits per heavy atom. The van der Waals surface area contributed by atoms with Gasteiger partial charge in [0.15, 0.2) is 0 Å². The van der Waals surface area contributed by atoms with Crippen LogP contribution in [0, 0.1) is 0 Å². The summed E-state index contributed by atoms with van der Waals surface area (Å²) in [6, 6.07) is 6.86. The van der Waals surface area contributed by atoms with Crippen LogP contribution in [-0.4, -0.2) is 36.4 Å². The van der Waals surface area contributed by atoms with E-state index in [0.29, 0.717) is 18.4 Å². The van der Waals surface area contributed by atoms with Crippen LogP contribution in [0.5, 0.6) is 0 Å². The molecule has 2 N–H and O–H groups in total. The zero-order valence-electron chi connectivity index (χ0n) is 8.31. The molecule has 15 heavy (non-hydrogen) atoms. The largest absolute Gasteiger partial charge is 0.488 e. The van der Waals surface area contributed by atoms with E-state index in [2.05, 4.69) is 0 Å². The number of halogens is 1. The Morgan fingerprint density at radius 3 is 2.40 bits per heavy atom. The van der Waals surface area contributed by atoms with Gasteiger partial charge in [0.1, 0.15) is 6.17 Å². The summed E-state index contributed by atoms with van der Waals surface area (Å²) in [5.41, 5.74) is 1.38. The Bertz CT molecular complexity index is 331. The van der Waals surface area contributed by atoms with Crippen LogP contribution in [0.4, 0.5) is 10.1 Å². The minimum Gasteiger partial charge on any atom is -0.423 e. The third-order valence-electron chi connectivity index (χ3n) is 2.69. The van der Waals surface area contributed by atoms with Crippen molar-refractivity contribution < 1.29 is 14.4 Å². The minimum atomic E-state index is -1.44. The van der Waals surface area contributed by atoms with Gasteiger partial charge < -0.3 is 14.9 Å². The second-order valence-corrected chi connectivity index (χ2v) is 3.80. The maximum atomic E-state index is 12.9. The Morgan fingerprint density at radius 1 is 1.27 bits per heavy atom. The van der Waals surface area contributed by atoms with E-state index in [4.69, 9.17) is 10.0 Å². The molecule has 1 heterocycles. The summed E-state index contributed by atoms with van der Waals surface area (Å²) >= 11 is 0. The van der Waals surface area contributed by atoms with Gasteiger partial charge in [-0.25, -0.2) is 4.39 Å². The Hall–Kier alpha value is -1.07. The van der Waals surface area contributed by atoms with E-state index in [1.165, 1.54) is 0 Å². The van der Waals surface area contributed by atoms with Crippen LogP contribution in [0.15, 0.2) is 24.3 Å². The molecule has 0 radical (unpaired) electrons. The third-order valence-corrected chi connectivity index (χ3v) is 2.69. The molecule has 0 amide bonds. The topological polar surface area (TPSA) is 43.7 Å². The monoisotopic (exact) mass is 209 g/mol. The fourth-order valence-corrected chi connectivity index (χ4v) is 1.81. The first-order chi connectivity index (χ1) is 7.16. The third kappa shape index (κ3) is 2.30. The van der Waals surface area contributed by atoms with Crippen molar-refractivity contribution in [2.75, 3.05) is 18.0 Å². The zero-order valence-corrected chi connectivity index (χ0v) is 8.31. The van der Waals surface area contributed by atoms with Gasteiger partial charge in [-0.2, -0.15) is 0 Å². The zero-order chi connectivity index (χ0) is 10.8. The van der Waals surface area contributed by atoms with Gasteiger partial charge in [-0.3, -0.25) is 0 Å². The Kier molecular flexibility index (Phi) is 2.93. The molecule has 0 saturated carbocycles. The number of alkyl halides is 1. The molecule has 80 valence electrons. The first-order valence-electron chi connectivity index (χ1n) is 5.02. The normalized spacial score (nSPS) is 20.7. The molecule has 2 rings (SSSR count). The average Bonchev–Trinajstić information content (AvgIpc) is 2.65. The lowest BCUT2D eigenvalue weighted by atomic mass is 9.80. The van der Waals surface area contributed by atoms with Crippen molar-refractivity contribution in [1.29, 1.82) is 0 Å². The van der Waals surface area contributed by atoms with Crippen molar-refractivity contribution in [2.45, 2.75) is 12.6 Å². The molecular formula is C10H13BFNO2. The van der Waals surface area contributed by atoms with Crippen LogP contribution >= 0.6 is 0 Å².